The molecular weight excluding hydrogens is 186 g/mol. The molecular formula is C13H25NO. The summed E-state index contributed by atoms with van der Waals surface area (Å²) < 4.78 is 5.58. The van der Waals surface area contributed by atoms with E-state index < -0.39 is 0 Å². The molecule has 1 atom stereocenters. The van der Waals surface area contributed by atoms with E-state index in [2.05, 4.69) is 25.7 Å². The van der Waals surface area contributed by atoms with Crippen molar-refractivity contribution < 1.29 is 4.74 Å². The number of ether oxygens (including phenoxy) is 1. The van der Waals surface area contributed by atoms with Crippen LogP contribution in [-0.2, 0) is 4.74 Å². The lowest BCUT2D eigenvalue weighted by molar-refractivity contribution is 0.130. The monoisotopic (exact) mass is 211 g/mol. The highest BCUT2D eigenvalue weighted by Gasteiger charge is 2.04. The first-order chi connectivity index (χ1) is 7.24. The van der Waals surface area contributed by atoms with Crippen LogP contribution >= 0.6 is 0 Å². The number of allylic oxidation sites excluding steroid dienone is 1. The van der Waals surface area contributed by atoms with Crippen molar-refractivity contribution >= 4 is 0 Å². The second kappa shape index (κ2) is 9.94. The average molecular weight is 211 g/mol. The van der Waals surface area contributed by atoms with Crippen molar-refractivity contribution in [2.45, 2.75) is 39.7 Å². The van der Waals surface area contributed by atoms with Crippen molar-refractivity contribution in [1.82, 2.24) is 5.32 Å². The lowest BCUT2D eigenvalue weighted by Crippen LogP contribution is -2.33. The first-order valence-electron chi connectivity index (χ1n) is 5.86. The van der Waals surface area contributed by atoms with Gasteiger partial charge in [0.25, 0.3) is 0 Å². The summed E-state index contributed by atoms with van der Waals surface area (Å²) in [7, 11) is 0. The molecule has 0 aliphatic heterocycles. The zero-order valence-electron chi connectivity index (χ0n) is 10.4. The Hall–Kier alpha value is -0.600. The van der Waals surface area contributed by atoms with E-state index in [9.17, 15) is 0 Å². The number of hydrogen-bond donors (Lipinski definition) is 1. The summed E-state index contributed by atoms with van der Waals surface area (Å²) in [5.74, 6) is 0. The van der Waals surface area contributed by atoms with E-state index in [4.69, 9.17) is 4.74 Å². The molecule has 0 aliphatic rings. The number of nitrogens with one attached hydrogen (secondary N) is 1. The maximum atomic E-state index is 5.58. The SMILES string of the molecule is C=C(/C=C\C)COCC(CC)NCCC. The Morgan fingerprint density at radius 3 is 2.73 bits per heavy atom. The fourth-order valence-corrected chi connectivity index (χ4v) is 1.29. The van der Waals surface area contributed by atoms with Crippen LogP contribution in [0.2, 0.25) is 0 Å². The van der Waals surface area contributed by atoms with Crippen LogP contribution in [0, 0.1) is 0 Å². The van der Waals surface area contributed by atoms with Gasteiger partial charge in [-0.1, -0.05) is 32.6 Å². The van der Waals surface area contributed by atoms with Gasteiger partial charge in [0, 0.05) is 6.04 Å². The van der Waals surface area contributed by atoms with Crippen molar-refractivity contribution in [2.75, 3.05) is 19.8 Å². The third-order valence-electron chi connectivity index (χ3n) is 2.18. The van der Waals surface area contributed by atoms with Crippen molar-refractivity contribution in [3.05, 3.63) is 24.3 Å². The molecule has 0 bridgehead atoms. The lowest BCUT2D eigenvalue weighted by Gasteiger charge is -2.16. The molecule has 2 heteroatoms. The topological polar surface area (TPSA) is 21.3 Å². The normalized spacial score (nSPS) is 13.3. The molecule has 0 fully saturated rings. The number of hydrogen-bond acceptors (Lipinski definition) is 2. The lowest BCUT2D eigenvalue weighted by atomic mass is 10.2. The quantitative estimate of drug-likeness (QED) is 0.592. The first kappa shape index (κ1) is 14.4. The van der Waals surface area contributed by atoms with Gasteiger partial charge in [0.2, 0.25) is 0 Å². The van der Waals surface area contributed by atoms with Crippen molar-refractivity contribution in [3.8, 4) is 0 Å². The Labute approximate surface area is 94.4 Å². The molecule has 88 valence electrons. The van der Waals surface area contributed by atoms with Gasteiger partial charge < -0.3 is 10.1 Å². The van der Waals surface area contributed by atoms with Gasteiger partial charge in [-0.05, 0) is 31.9 Å². The average Bonchev–Trinajstić information content (AvgIpc) is 2.23. The van der Waals surface area contributed by atoms with Gasteiger partial charge in [-0.2, -0.15) is 0 Å². The second-order valence-corrected chi connectivity index (χ2v) is 3.73. The zero-order valence-corrected chi connectivity index (χ0v) is 10.4. The third kappa shape index (κ3) is 8.40. The van der Waals surface area contributed by atoms with Crippen molar-refractivity contribution in [3.63, 3.8) is 0 Å². The predicted molar refractivity (Wildman–Crippen MR) is 67.1 cm³/mol. The summed E-state index contributed by atoms with van der Waals surface area (Å²) >= 11 is 0. The third-order valence-corrected chi connectivity index (χ3v) is 2.18. The van der Waals surface area contributed by atoms with Crippen LogP contribution in [0.25, 0.3) is 0 Å². The van der Waals surface area contributed by atoms with E-state index in [1.807, 2.05) is 19.1 Å². The summed E-state index contributed by atoms with van der Waals surface area (Å²) in [6.45, 7) is 12.7. The molecule has 0 aromatic carbocycles. The van der Waals surface area contributed by atoms with Gasteiger partial charge in [0.05, 0.1) is 13.2 Å². The molecule has 0 radical (unpaired) electrons. The van der Waals surface area contributed by atoms with Gasteiger partial charge in [-0.15, -0.1) is 0 Å². The van der Waals surface area contributed by atoms with E-state index >= 15 is 0 Å². The van der Waals surface area contributed by atoms with Gasteiger partial charge >= 0.3 is 0 Å². The summed E-state index contributed by atoms with van der Waals surface area (Å²) in [6.07, 6.45) is 6.25. The van der Waals surface area contributed by atoms with Gasteiger partial charge in [-0.3, -0.25) is 0 Å². The Morgan fingerprint density at radius 2 is 2.20 bits per heavy atom. The van der Waals surface area contributed by atoms with E-state index in [0.717, 1.165) is 25.1 Å². The molecule has 0 spiro atoms. The highest BCUT2D eigenvalue weighted by atomic mass is 16.5. The molecule has 2 nitrogen and oxygen atoms in total. The van der Waals surface area contributed by atoms with Crippen LogP contribution in [0.5, 0.6) is 0 Å². The van der Waals surface area contributed by atoms with Crippen LogP contribution < -0.4 is 5.32 Å². The molecule has 0 saturated heterocycles. The molecule has 0 aliphatic carbocycles. The molecule has 1 unspecified atom stereocenters. The molecule has 15 heavy (non-hydrogen) atoms. The van der Waals surface area contributed by atoms with Gasteiger partial charge in [-0.25, -0.2) is 0 Å². The second-order valence-electron chi connectivity index (χ2n) is 3.73. The minimum atomic E-state index is 0.475. The summed E-state index contributed by atoms with van der Waals surface area (Å²) in [5.41, 5.74) is 1.03. The van der Waals surface area contributed by atoms with Crippen molar-refractivity contribution in [1.29, 1.82) is 0 Å². The Bertz CT molecular complexity index is 187. The van der Waals surface area contributed by atoms with Crippen LogP contribution in [0.15, 0.2) is 24.3 Å². The summed E-state index contributed by atoms with van der Waals surface area (Å²) in [5, 5.41) is 3.45. The Balaban J connectivity index is 3.57. The predicted octanol–water partition coefficient (Wildman–Crippen LogP) is 2.91. The molecule has 0 saturated carbocycles. The van der Waals surface area contributed by atoms with E-state index in [0.29, 0.717) is 12.6 Å². The molecule has 0 aromatic rings. The first-order valence-corrected chi connectivity index (χ1v) is 5.86. The molecule has 0 rings (SSSR count). The summed E-state index contributed by atoms with van der Waals surface area (Å²) in [6, 6.07) is 0.475. The van der Waals surface area contributed by atoms with Gasteiger partial charge in [0.1, 0.15) is 0 Å². The fourth-order valence-electron chi connectivity index (χ4n) is 1.29. The van der Waals surface area contributed by atoms with Crippen LogP contribution in [0.3, 0.4) is 0 Å². The highest BCUT2D eigenvalue weighted by Crippen LogP contribution is 1.97. The zero-order chi connectivity index (χ0) is 11.5. The minimum absolute atomic E-state index is 0.475. The Kier molecular flexibility index (Phi) is 9.54. The van der Waals surface area contributed by atoms with E-state index in [1.54, 1.807) is 0 Å². The molecule has 0 aromatic heterocycles. The smallest absolute Gasteiger partial charge is 0.0711 e. The number of rotatable bonds is 9. The summed E-state index contributed by atoms with van der Waals surface area (Å²) in [4.78, 5) is 0. The fraction of sp³-hybridized carbons (Fsp3) is 0.692. The standard InChI is InChI=1S/C13H25NO/c1-5-8-12(4)10-15-11-13(7-3)14-9-6-2/h5,8,13-14H,4,6-7,9-11H2,1-3H3/b8-5-. The molecule has 0 heterocycles. The van der Waals surface area contributed by atoms with Crippen LogP contribution in [0.4, 0.5) is 0 Å². The van der Waals surface area contributed by atoms with E-state index in [-0.39, 0.29) is 0 Å². The molecule has 0 amide bonds. The van der Waals surface area contributed by atoms with Gasteiger partial charge in [0.15, 0.2) is 0 Å². The van der Waals surface area contributed by atoms with Crippen LogP contribution in [0.1, 0.15) is 33.6 Å². The maximum absolute atomic E-state index is 5.58. The Morgan fingerprint density at radius 1 is 1.47 bits per heavy atom. The minimum Gasteiger partial charge on any atom is -0.375 e. The van der Waals surface area contributed by atoms with Crippen LogP contribution in [-0.4, -0.2) is 25.8 Å². The van der Waals surface area contributed by atoms with Crippen molar-refractivity contribution in [2.24, 2.45) is 0 Å². The largest absolute Gasteiger partial charge is 0.375 e. The highest BCUT2D eigenvalue weighted by molar-refractivity contribution is 5.13. The molecule has 1 N–H and O–H groups in total. The van der Waals surface area contributed by atoms with E-state index in [1.165, 1.54) is 6.42 Å². The maximum Gasteiger partial charge on any atom is 0.0711 e.